The molecule has 2 fully saturated rings. The van der Waals surface area contributed by atoms with Crippen molar-refractivity contribution in [2.75, 3.05) is 7.11 Å². The van der Waals surface area contributed by atoms with Crippen molar-refractivity contribution in [2.24, 2.45) is 17.8 Å². The van der Waals surface area contributed by atoms with Crippen molar-refractivity contribution in [2.45, 2.75) is 83.7 Å². The van der Waals surface area contributed by atoms with Crippen molar-refractivity contribution in [1.82, 2.24) is 5.32 Å². The van der Waals surface area contributed by atoms with E-state index in [2.05, 4.69) is 19.2 Å². The fourth-order valence-corrected chi connectivity index (χ4v) is 4.38. The number of methoxy groups -OCH3 is 1. The van der Waals surface area contributed by atoms with Gasteiger partial charge in [0.2, 0.25) is 0 Å². The molecule has 122 valence electrons. The highest BCUT2D eigenvalue weighted by atomic mass is 16.5. The number of carbonyl (C=O) groups excluding carboxylic acids is 1. The van der Waals surface area contributed by atoms with E-state index in [1.807, 2.05) is 0 Å². The summed E-state index contributed by atoms with van der Waals surface area (Å²) in [4.78, 5) is 12.0. The maximum Gasteiger partial charge on any atom is 0.323 e. The lowest BCUT2D eigenvalue weighted by atomic mass is 9.70. The molecule has 0 saturated heterocycles. The molecule has 0 aromatic rings. The molecule has 2 rings (SSSR count). The average Bonchev–Trinajstić information content (AvgIpc) is 2.52. The van der Waals surface area contributed by atoms with Crippen LogP contribution in [0.15, 0.2) is 0 Å². The Bertz CT molecular complexity index is 323. The van der Waals surface area contributed by atoms with Crippen molar-refractivity contribution in [3.8, 4) is 0 Å². The van der Waals surface area contributed by atoms with Gasteiger partial charge in [-0.1, -0.05) is 58.8 Å². The molecule has 0 aromatic carbocycles. The molecule has 21 heavy (non-hydrogen) atoms. The number of ether oxygens (including phenoxy) is 1. The maximum atomic E-state index is 12.0. The molecule has 3 unspecified atom stereocenters. The zero-order valence-electron chi connectivity index (χ0n) is 14.1. The Labute approximate surface area is 130 Å². The third-order valence-corrected chi connectivity index (χ3v) is 5.59. The second kappa shape index (κ2) is 8.17. The van der Waals surface area contributed by atoms with E-state index in [0.717, 1.165) is 11.8 Å². The van der Waals surface area contributed by atoms with E-state index in [9.17, 15) is 4.79 Å². The number of esters is 1. The molecule has 0 aliphatic heterocycles. The van der Waals surface area contributed by atoms with Crippen LogP contribution in [-0.4, -0.2) is 25.2 Å². The van der Waals surface area contributed by atoms with Gasteiger partial charge in [-0.2, -0.15) is 0 Å². The Morgan fingerprint density at radius 2 is 1.62 bits per heavy atom. The fourth-order valence-electron chi connectivity index (χ4n) is 4.38. The van der Waals surface area contributed by atoms with Gasteiger partial charge in [-0.15, -0.1) is 0 Å². The van der Waals surface area contributed by atoms with Crippen LogP contribution >= 0.6 is 0 Å². The number of carbonyl (C=O) groups is 1. The minimum absolute atomic E-state index is 0.0991. The van der Waals surface area contributed by atoms with E-state index in [0.29, 0.717) is 6.04 Å². The van der Waals surface area contributed by atoms with Crippen LogP contribution in [0.4, 0.5) is 0 Å². The van der Waals surface area contributed by atoms with Gasteiger partial charge in [-0.3, -0.25) is 4.79 Å². The zero-order chi connectivity index (χ0) is 15.2. The molecule has 0 radical (unpaired) electrons. The molecule has 3 heteroatoms. The molecule has 2 saturated carbocycles. The van der Waals surface area contributed by atoms with Crippen LogP contribution in [0.5, 0.6) is 0 Å². The molecule has 2 aliphatic carbocycles. The van der Waals surface area contributed by atoms with Crippen LogP contribution in [-0.2, 0) is 9.53 Å². The highest BCUT2D eigenvalue weighted by Gasteiger charge is 2.35. The van der Waals surface area contributed by atoms with Crippen molar-refractivity contribution < 1.29 is 9.53 Å². The third-order valence-electron chi connectivity index (χ3n) is 5.59. The molecule has 0 amide bonds. The van der Waals surface area contributed by atoms with Crippen LogP contribution in [0.25, 0.3) is 0 Å². The molecule has 0 aromatic heterocycles. The van der Waals surface area contributed by atoms with Crippen LogP contribution in [0.2, 0.25) is 0 Å². The minimum atomic E-state index is -0.149. The Kier molecular flexibility index (Phi) is 6.53. The SMILES string of the molecule is COC(=O)C(NC1CCCCC1C1CCCCC1)C(C)C. The standard InChI is InChI=1S/C18H33NO2/c1-13(2)17(18(20)21-3)19-16-12-8-7-11-15(16)14-9-5-4-6-10-14/h13-17,19H,4-12H2,1-3H3. The van der Waals surface area contributed by atoms with Crippen molar-refractivity contribution in [3.05, 3.63) is 0 Å². The number of nitrogens with one attached hydrogen (secondary N) is 1. The van der Waals surface area contributed by atoms with Gasteiger partial charge in [0.25, 0.3) is 0 Å². The van der Waals surface area contributed by atoms with Crippen LogP contribution in [0.1, 0.15) is 71.6 Å². The molecule has 0 heterocycles. The second-order valence-corrected chi connectivity index (χ2v) is 7.36. The summed E-state index contributed by atoms with van der Waals surface area (Å²) in [6, 6.07) is 0.359. The van der Waals surface area contributed by atoms with E-state index in [4.69, 9.17) is 4.74 Å². The number of hydrogen-bond donors (Lipinski definition) is 1. The molecule has 3 atom stereocenters. The second-order valence-electron chi connectivity index (χ2n) is 7.36. The number of hydrogen-bond acceptors (Lipinski definition) is 3. The highest BCUT2D eigenvalue weighted by Crippen LogP contribution is 2.38. The summed E-state index contributed by atoms with van der Waals surface area (Å²) in [5.74, 6) is 1.83. The molecule has 3 nitrogen and oxygen atoms in total. The van der Waals surface area contributed by atoms with E-state index in [-0.39, 0.29) is 17.9 Å². The lowest BCUT2D eigenvalue weighted by Gasteiger charge is -2.41. The van der Waals surface area contributed by atoms with Gasteiger partial charge in [-0.25, -0.2) is 0 Å². The summed E-state index contributed by atoms with van der Waals surface area (Å²) in [5, 5.41) is 3.68. The van der Waals surface area contributed by atoms with Crippen LogP contribution < -0.4 is 5.32 Å². The van der Waals surface area contributed by atoms with Crippen molar-refractivity contribution in [1.29, 1.82) is 0 Å². The Hall–Kier alpha value is -0.570. The first-order valence-electron chi connectivity index (χ1n) is 8.97. The van der Waals surface area contributed by atoms with Gasteiger partial charge in [0.1, 0.15) is 6.04 Å². The topological polar surface area (TPSA) is 38.3 Å². The zero-order valence-corrected chi connectivity index (χ0v) is 14.1. The fraction of sp³-hybridized carbons (Fsp3) is 0.944. The molecule has 2 aliphatic rings. The van der Waals surface area contributed by atoms with Crippen molar-refractivity contribution in [3.63, 3.8) is 0 Å². The van der Waals surface area contributed by atoms with Gasteiger partial charge in [0.05, 0.1) is 7.11 Å². The highest BCUT2D eigenvalue weighted by molar-refractivity contribution is 5.76. The first kappa shape index (κ1) is 16.8. The largest absolute Gasteiger partial charge is 0.468 e. The summed E-state index contributed by atoms with van der Waals surface area (Å²) in [6.45, 7) is 4.21. The third kappa shape index (κ3) is 4.45. The molecular formula is C18H33NO2. The quantitative estimate of drug-likeness (QED) is 0.781. The number of rotatable bonds is 5. The predicted octanol–water partition coefficient (Wildman–Crippen LogP) is 3.91. The Morgan fingerprint density at radius 3 is 2.24 bits per heavy atom. The molecule has 0 bridgehead atoms. The minimum Gasteiger partial charge on any atom is -0.468 e. The van der Waals surface area contributed by atoms with E-state index < -0.39 is 0 Å². The summed E-state index contributed by atoms with van der Waals surface area (Å²) < 4.78 is 4.99. The Balaban J connectivity index is 2.01. The summed E-state index contributed by atoms with van der Waals surface area (Å²) in [6.07, 6.45) is 12.2. The average molecular weight is 295 g/mol. The normalized spacial score (nSPS) is 29.3. The smallest absolute Gasteiger partial charge is 0.323 e. The monoisotopic (exact) mass is 295 g/mol. The van der Waals surface area contributed by atoms with Gasteiger partial charge < -0.3 is 10.1 Å². The Morgan fingerprint density at radius 1 is 1.00 bits per heavy atom. The van der Waals surface area contributed by atoms with Crippen LogP contribution in [0, 0.1) is 17.8 Å². The molecular weight excluding hydrogens is 262 g/mol. The molecule has 1 N–H and O–H groups in total. The van der Waals surface area contributed by atoms with E-state index in [1.165, 1.54) is 64.9 Å². The summed E-state index contributed by atoms with van der Waals surface area (Å²) >= 11 is 0. The maximum absolute atomic E-state index is 12.0. The summed E-state index contributed by atoms with van der Waals surface area (Å²) in [5.41, 5.74) is 0. The summed E-state index contributed by atoms with van der Waals surface area (Å²) in [7, 11) is 1.50. The first-order valence-corrected chi connectivity index (χ1v) is 8.97. The van der Waals surface area contributed by atoms with E-state index in [1.54, 1.807) is 0 Å². The van der Waals surface area contributed by atoms with Gasteiger partial charge in [0.15, 0.2) is 0 Å². The predicted molar refractivity (Wildman–Crippen MR) is 86.1 cm³/mol. The van der Waals surface area contributed by atoms with Gasteiger partial charge in [0, 0.05) is 6.04 Å². The van der Waals surface area contributed by atoms with Crippen molar-refractivity contribution >= 4 is 5.97 Å². The van der Waals surface area contributed by atoms with Gasteiger partial charge >= 0.3 is 5.97 Å². The van der Waals surface area contributed by atoms with E-state index >= 15 is 0 Å². The van der Waals surface area contributed by atoms with Gasteiger partial charge in [-0.05, 0) is 30.6 Å². The lowest BCUT2D eigenvalue weighted by molar-refractivity contribution is -0.144. The first-order chi connectivity index (χ1) is 10.1. The lowest BCUT2D eigenvalue weighted by Crippen LogP contribution is -2.52. The van der Waals surface area contributed by atoms with Crippen LogP contribution in [0.3, 0.4) is 0 Å². The molecule has 0 spiro atoms.